The van der Waals surface area contributed by atoms with Gasteiger partial charge >= 0.3 is 0 Å². The van der Waals surface area contributed by atoms with Crippen LogP contribution in [0.5, 0.6) is 11.5 Å². The molecular formula is C20H19O2S+. The number of phenols is 1. The maximum atomic E-state index is 9.57. The lowest BCUT2D eigenvalue weighted by atomic mass is 10.2. The van der Waals surface area contributed by atoms with E-state index in [9.17, 15) is 5.11 Å². The fourth-order valence-electron chi connectivity index (χ4n) is 2.38. The Morgan fingerprint density at radius 3 is 1.61 bits per heavy atom. The minimum Gasteiger partial charge on any atom is -0.508 e. The maximum Gasteiger partial charge on any atom is 0.166 e. The van der Waals surface area contributed by atoms with Gasteiger partial charge in [-0.1, -0.05) is 17.7 Å². The van der Waals surface area contributed by atoms with E-state index in [4.69, 9.17) is 4.74 Å². The average Bonchev–Trinajstić information content (AvgIpc) is 2.59. The summed E-state index contributed by atoms with van der Waals surface area (Å²) in [5.74, 6) is 1.14. The van der Waals surface area contributed by atoms with Gasteiger partial charge in [0.05, 0.1) is 18.0 Å². The molecule has 3 heteroatoms. The normalized spacial score (nSPS) is 11.9. The highest BCUT2D eigenvalue weighted by Gasteiger charge is 2.28. The first-order valence-corrected chi connectivity index (χ1v) is 8.64. The Balaban J connectivity index is 2.08. The van der Waals surface area contributed by atoms with Gasteiger partial charge in [0.15, 0.2) is 14.7 Å². The number of aryl methyl sites for hydroxylation is 1. The number of hydrogen-bond donors (Lipinski definition) is 1. The van der Waals surface area contributed by atoms with Gasteiger partial charge in [0.25, 0.3) is 0 Å². The summed E-state index contributed by atoms with van der Waals surface area (Å²) in [6.07, 6.45) is 0. The molecule has 0 aliphatic rings. The van der Waals surface area contributed by atoms with Crippen LogP contribution in [0.2, 0.25) is 0 Å². The molecule has 0 saturated carbocycles. The first kappa shape index (κ1) is 15.5. The van der Waals surface area contributed by atoms with Crippen molar-refractivity contribution in [2.45, 2.75) is 21.6 Å². The van der Waals surface area contributed by atoms with Gasteiger partial charge in [-0.05, 0) is 67.6 Å². The molecule has 0 heterocycles. The van der Waals surface area contributed by atoms with Gasteiger partial charge in [-0.25, -0.2) is 0 Å². The number of rotatable bonds is 4. The van der Waals surface area contributed by atoms with E-state index in [-0.39, 0.29) is 16.6 Å². The minimum absolute atomic E-state index is 0.208. The molecule has 3 aromatic rings. The third-order valence-electron chi connectivity index (χ3n) is 3.62. The van der Waals surface area contributed by atoms with Crippen molar-refractivity contribution in [1.82, 2.24) is 0 Å². The highest BCUT2D eigenvalue weighted by molar-refractivity contribution is 7.97. The quantitative estimate of drug-likeness (QED) is 0.699. The van der Waals surface area contributed by atoms with Crippen molar-refractivity contribution in [2.75, 3.05) is 7.11 Å². The van der Waals surface area contributed by atoms with Crippen LogP contribution in [-0.2, 0) is 10.9 Å². The zero-order chi connectivity index (χ0) is 16.2. The van der Waals surface area contributed by atoms with Crippen LogP contribution in [0.25, 0.3) is 0 Å². The van der Waals surface area contributed by atoms with Crippen LogP contribution < -0.4 is 4.74 Å². The summed E-state index contributed by atoms with van der Waals surface area (Å²) in [6, 6.07) is 24.3. The van der Waals surface area contributed by atoms with E-state index in [0.29, 0.717) is 0 Å². The van der Waals surface area contributed by atoms with E-state index in [2.05, 4.69) is 43.3 Å². The van der Waals surface area contributed by atoms with E-state index >= 15 is 0 Å². The standard InChI is InChI=1S/C20H18O2S/c1-15-3-9-18(10-4-15)23(19-11-5-16(21)6-12-19)20-13-7-17(22-2)8-14-20/h3-14H,1-2H3/p+1. The third kappa shape index (κ3) is 3.51. The maximum absolute atomic E-state index is 9.57. The van der Waals surface area contributed by atoms with Crippen molar-refractivity contribution in [1.29, 1.82) is 0 Å². The van der Waals surface area contributed by atoms with Crippen LogP contribution in [-0.4, -0.2) is 12.2 Å². The second-order valence-electron chi connectivity index (χ2n) is 5.29. The molecule has 0 bridgehead atoms. The van der Waals surface area contributed by atoms with Crippen LogP contribution in [0, 0.1) is 6.92 Å². The Hall–Kier alpha value is -2.39. The fourth-order valence-corrected chi connectivity index (χ4v) is 4.42. The summed E-state index contributed by atoms with van der Waals surface area (Å²) in [4.78, 5) is 3.66. The first-order valence-electron chi connectivity index (χ1n) is 7.41. The number of phenolic OH excluding ortho intramolecular Hbond substituents is 1. The Morgan fingerprint density at radius 1 is 0.696 bits per heavy atom. The van der Waals surface area contributed by atoms with Crippen molar-refractivity contribution in [3.05, 3.63) is 78.4 Å². The van der Waals surface area contributed by atoms with E-state index in [1.165, 1.54) is 20.2 Å². The molecule has 0 amide bonds. The zero-order valence-electron chi connectivity index (χ0n) is 13.2. The highest BCUT2D eigenvalue weighted by Crippen LogP contribution is 2.33. The summed E-state index contributed by atoms with van der Waals surface area (Å²) in [6.45, 7) is 2.09. The van der Waals surface area contributed by atoms with Gasteiger partial charge < -0.3 is 9.84 Å². The highest BCUT2D eigenvalue weighted by atomic mass is 32.2. The molecule has 0 aromatic heterocycles. The van der Waals surface area contributed by atoms with E-state index in [1.807, 2.05) is 24.3 Å². The molecule has 0 aliphatic heterocycles. The van der Waals surface area contributed by atoms with Crippen LogP contribution in [0.3, 0.4) is 0 Å². The van der Waals surface area contributed by atoms with Gasteiger partial charge in [0, 0.05) is 0 Å². The number of benzene rings is 3. The summed E-state index contributed by atoms with van der Waals surface area (Å²) in [5, 5.41) is 9.57. The van der Waals surface area contributed by atoms with Crippen molar-refractivity contribution in [2.24, 2.45) is 0 Å². The van der Waals surface area contributed by atoms with Crippen molar-refractivity contribution in [3.8, 4) is 11.5 Å². The summed E-state index contributed by atoms with van der Waals surface area (Å²) < 4.78 is 5.26. The Morgan fingerprint density at radius 2 is 1.13 bits per heavy atom. The van der Waals surface area contributed by atoms with Gasteiger partial charge in [-0.2, -0.15) is 0 Å². The predicted molar refractivity (Wildman–Crippen MR) is 94.4 cm³/mol. The Bertz CT molecular complexity index is 717. The molecule has 2 nitrogen and oxygen atoms in total. The first-order chi connectivity index (χ1) is 11.2. The average molecular weight is 323 g/mol. The topological polar surface area (TPSA) is 29.5 Å². The number of ether oxygens (including phenoxy) is 1. The summed E-state index contributed by atoms with van der Waals surface area (Å²) in [7, 11) is 1.47. The molecule has 1 unspecified atom stereocenters. The molecule has 0 saturated heterocycles. The third-order valence-corrected chi connectivity index (χ3v) is 5.85. The molecule has 3 aromatic carbocycles. The smallest absolute Gasteiger partial charge is 0.166 e. The SMILES string of the molecule is COc1ccc([S+](c2ccc(C)cc2)c2ccc(O)cc2)cc1. The van der Waals surface area contributed by atoms with Crippen molar-refractivity contribution in [3.63, 3.8) is 0 Å². The molecule has 1 atom stereocenters. The van der Waals surface area contributed by atoms with Crippen LogP contribution >= 0.6 is 0 Å². The van der Waals surface area contributed by atoms with E-state index in [1.54, 1.807) is 19.2 Å². The molecule has 0 aliphatic carbocycles. The largest absolute Gasteiger partial charge is 0.508 e. The van der Waals surface area contributed by atoms with Gasteiger partial charge in [-0.3, -0.25) is 0 Å². The molecular weight excluding hydrogens is 304 g/mol. The van der Waals surface area contributed by atoms with E-state index < -0.39 is 0 Å². The molecule has 0 radical (unpaired) electrons. The lowest BCUT2D eigenvalue weighted by Crippen LogP contribution is -2.04. The molecule has 23 heavy (non-hydrogen) atoms. The zero-order valence-corrected chi connectivity index (χ0v) is 14.0. The fraction of sp³-hybridized carbons (Fsp3) is 0.100. The second kappa shape index (κ2) is 6.80. The Labute approximate surface area is 139 Å². The molecule has 116 valence electrons. The lowest BCUT2D eigenvalue weighted by Gasteiger charge is -2.09. The second-order valence-corrected chi connectivity index (χ2v) is 7.32. The minimum atomic E-state index is -0.208. The van der Waals surface area contributed by atoms with Crippen LogP contribution in [0.4, 0.5) is 0 Å². The lowest BCUT2D eigenvalue weighted by molar-refractivity contribution is 0.414. The molecule has 0 fully saturated rings. The number of hydrogen-bond acceptors (Lipinski definition) is 2. The predicted octanol–water partition coefficient (Wildman–Crippen LogP) is 4.80. The molecule has 3 rings (SSSR count). The summed E-state index contributed by atoms with van der Waals surface area (Å²) >= 11 is 0. The van der Waals surface area contributed by atoms with Crippen LogP contribution in [0.15, 0.2) is 87.5 Å². The van der Waals surface area contributed by atoms with Crippen LogP contribution in [0.1, 0.15) is 5.56 Å². The van der Waals surface area contributed by atoms with Gasteiger partial charge in [-0.15, -0.1) is 0 Å². The van der Waals surface area contributed by atoms with Crippen molar-refractivity contribution < 1.29 is 9.84 Å². The van der Waals surface area contributed by atoms with Gasteiger partial charge in [0.1, 0.15) is 11.5 Å². The molecule has 0 spiro atoms. The van der Waals surface area contributed by atoms with E-state index in [0.717, 1.165) is 5.75 Å². The monoisotopic (exact) mass is 323 g/mol. The molecule has 1 N–H and O–H groups in total. The van der Waals surface area contributed by atoms with Gasteiger partial charge in [0.2, 0.25) is 0 Å². The van der Waals surface area contributed by atoms with Crippen molar-refractivity contribution >= 4 is 10.9 Å². The number of aromatic hydroxyl groups is 1. The Kier molecular flexibility index (Phi) is 4.58. The summed E-state index contributed by atoms with van der Waals surface area (Å²) in [5.41, 5.74) is 1.25. The number of methoxy groups -OCH3 is 1.